The maximum atomic E-state index is 12.0. The summed E-state index contributed by atoms with van der Waals surface area (Å²) in [5, 5.41) is 16.4. The van der Waals surface area contributed by atoms with Crippen molar-refractivity contribution in [2.45, 2.75) is 45.1 Å². The lowest BCUT2D eigenvalue weighted by Crippen LogP contribution is -2.33. The number of carbonyl (C=O) groups excluding carboxylic acids is 1. The zero-order valence-corrected chi connectivity index (χ0v) is 11.4. The number of carbonyl (C=O) groups is 1. The fraction of sp³-hybridized carbons (Fsp3) is 0.750. The van der Waals surface area contributed by atoms with Crippen molar-refractivity contribution in [2.75, 3.05) is 6.54 Å². The van der Waals surface area contributed by atoms with Gasteiger partial charge in [-0.25, -0.2) is 0 Å². The fourth-order valence-electron chi connectivity index (χ4n) is 2.38. The molecular weight excluding hydrogens is 250 g/mol. The van der Waals surface area contributed by atoms with E-state index in [1.165, 1.54) is 0 Å². The Morgan fingerprint density at radius 1 is 1.56 bits per heavy atom. The molecule has 0 spiro atoms. The summed E-state index contributed by atoms with van der Waals surface area (Å²) < 4.78 is 3.81. The van der Waals surface area contributed by atoms with Crippen molar-refractivity contribution >= 4 is 17.4 Å². The van der Waals surface area contributed by atoms with Gasteiger partial charge in [0, 0.05) is 6.54 Å². The van der Waals surface area contributed by atoms with Crippen molar-refractivity contribution in [3.8, 4) is 0 Å². The first kappa shape index (κ1) is 13.4. The van der Waals surface area contributed by atoms with Gasteiger partial charge >= 0.3 is 0 Å². The Bertz CT molecular complexity index is 408. The Balaban J connectivity index is 1.84. The van der Waals surface area contributed by atoms with Gasteiger partial charge in [-0.15, -0.1) is 5.10 Å². The Kier molecular flexibility index (Phi) is 4.66. The van der Waals surface area contributed by atoms with E-state index in [-0.39, 0.29) is 12.0 Å². The minimum atomic E-state index is -0.197. The van der Waals surface area contributed by atoms with Crippen LogP contribution in [0.5, 0.6) is 0 Å². The monoisotopic (exact) mass is 269 g/mol. The zero-order valence-electron chi connectivity index (χ0n) is 10.6. The molecule has 2 unspecified atom stereocenters. The Morgan fingerprint density at radius 3 is 3.11 bits per heavy atom. The molecule has 1 amide bonds. The third-order valence-corrected chi connectivity index (χ3v) is 4.17. The number of aryl methyl sites for hydroxylation is 1. The highest BCUT2D eigenvalue weighted by atomic mass is 32.1. The van der Waals surface area contributed by atoms with Gasteiger partial charge in [0.25, 0.3) is 5.91 Å². The molecule has 2 atom stereocenters. The standard InChI is InChI=1S/C12H19N3O2S/c1-2-10-11(18-15-14-10)12(17)13-7-8-4-3-5-9(16)6-8/h8-9,16H,2-7H2,1H3,(H,13,17). The van der Waals surface area contributed by atoms with E-state index in [1.54, 1.807) is 0 Å². The predicted octanol–water partition coefficient (Wildman–Crippen LogP) is 1.38. The van der Waals surface area contributed by atoms with E-state index in [9.17, 15) is 9.90 Å². The third kappa shape index (κ3) is 3.26. The van der Waals surface area contributed by atoms with Gasteiger partial charge < -0.3 is 10.4 Å². The molecule has 0 aromatic carbocycles. The van der Waals surface area contributed by atoms with Crippen LogP contribution in [-0.4, -0.2) is 33.2 Å². The van der Waals surface area contributed by atoms with E-state index < -0.39 is 0 Å². The molecule has 2 N–H and O–H groups in total. The van der Waals surface area contributed by atoms with E-state index >= 15 is 0 Å². The molecule has 1 aromatic heterocycles. The van der Waals surface area contributed by atoms with E-state index in [2.05, 4.69) is 14.9 Å². The van der Waals surface area contributed by atoms with Crippen molar-refractivity contribution in [2.24, 2.45) is 5.92 Å². The highest BCUT2D eigenvalue weighted by molar-refractivity contribution is 7.08. The quantitative estimate of drug-likeness (QED) is 0.866. The summed E-state index contributed by atoms with van der Waals surface area (Å²) in [5.74, 6) is 0.311. The normalized spacial score (nSPS) is 23.9. The van der Waals surface area contributed by atoms with Crippen molar-refractivity contribution < 1.29 is 9.90 Å². The van der Waals surface area contributed by atoms with Gasteiger partial charge in [0.05, 0.1) is 11.8 Å². The number of nitrogens with zero attached hydrogens (tertiary/aromatic N) is 2. The summed E-state index contributed by atoms with van der Waals surface area (Å²) in [6.07, 6.45) is 4.34. The number of nitrogens with one attached hydrogen (secondary N) is 1. The van der Waals surface area contributed by atoms with Crippen LogP contribution in [0, 0.1) is 5.92 Å². The summed E-state index contributed by atoms with van der Waals surface area (Å²) in [7, 11) is 0. The van der Waals surface area contributed by atoms with E-state index in [4.69, 9.17) is 0 Å². The summed E-state index contributed by atoms with van der Waals surface area (Å²) >= 11 is 1.15. The molecule has 1 heterocycles. The van der Waals surface area contributed by atoms with E-state index in [0.29, 0.717) is 17.3 Å². The van der Waals surface area contributed by atoms with Crippen LogP contribution in [0.1, 0.15) is 48.0 Å². The molecular formula is C12H19N3O2S. The molecule has 1 fully saturated rings. The van der Waals surface area contributed by atoms with E-state index in [0.717, 1.165) is 49.3 Å². The topological polar surface area (TPSA) is 75.1 Å². The second kappa shape index (κ2) is 6.24. The first-order chi connectivity index (χ1) is 8.70. The predicted molar refractivity (Wildman–Crippen MR) is 69.6 cm³/mol. The molecule has 1 saturated carbocycles. The molecule has 1 aromatic rings. The maximum absolute atomic E-state index is 12.0. The number of aromatic nitrogens is 2. The molecule has 2 rings (SSSR count). The fourth-order valence-corrected chi connectivity index (χ4v) is 3.04. The Hall–Kier alpha value is -1.01. The number of aliphatic hydroxyl groups excluding tert-OH is 1. The Labute approximate surface area is 111 Å². The zero-order chi connectivity index (χ0) is 13.0. The smallest absolute Gasteiger partial charge is 0.264 e. The SMILES string of the molecule is CCc1nnsc1C(=O)NCC1CCCC(O)C1. The number of rotatable bonds is 4. The molecule has 5 nitrogen and oxygen atoms in total. The summed E-state index contributed by atoms with van der Waals surface area (Å²) in [5.41, 5.74) is 0.765. The second-order valence-electron chi connectivity index (χ2n) is 4.80. The highest BCUT2D eigenvalue weighted by Crippen LogP contribution is 2.23. The van der Waals surface area contributed by atoms with Crippen LogP contribution in [-0.2, 0) is 6.42 Å². The summed E-state index contributed by atoms with van der Waals surface area (Å²) in [4.78, 5) is 12.6. The van der Waals surface area contributed by atoms with Crippen molar-refractivity contribution in [1.29, 1.82) is 0 Å². The average Bonchev–Trinajstić information content (AvgIpc) is 2.84. The molecule has 6 heteroatoms. The van der Waals surface area contributed by atoms with Crippen LogP contribution >= 0.6 is 11.5 Å². The largest absolute Gasteiger partial charge is 0.393 e. The first-order valence-electron chi connectivity index (χ1n) is 6.48. The lowest BCUT2D eigenvalue weighted by Gasteiger charge is -2.25. The van der Waals surface area contributed by atoms with Gasteiger partial charge in [0.1, 0.15) is 4.88 Å². The van der Waals surface area contributed by atoms with Gasteiger partial charge in [-0.2, -0.15) is 0 Å². The van der Waals surface area contributed by atoms with Gasteiger partial charge in [-0.05, 0) is 43.1 Å². The van der Waals surface area contributed by atoms with Crippen LogP contribution in [0.25, 0.3) is 0 Å². The van der Waals surface area contributed by atoms with E-state index in [1.807, 2.05) is 6.92 Å². The number of hydrogen-bond acceptors (Lipinski definition) is 5. The van der Waals surface area contributed by atoms with Gasteiger partial charge in [0.15, 0.2) is 0 Å². The lowest BCUT2D eigenvalue weighted by molar-refractivity contribution is 0.0876. The second-order valence-corrected chi connectivity index (χ2v) is 5.55. The molecule has 0 bridgehead atoms. The molecule has 1 aliphatic rings. The van der Waals surface area contributed by atoms with Crippen LogP contribution in [0.15, 0.2) is 0 Å². The minimum absolute atomic E-state index is 0.0816. The summed E-state index contributed by atoms with van der Waals surface area (Å²) in [6, 6.07) is 0. The summed E-state index contributed by atoms with van der Waals surface area (Å²) in [6.45, 7) is 2.60. The van der Waals surface area contributed by atoms with Crippen molar-refractivity contribution in [3.63, 3.8) is 0 Å². The molecule has 0 saturated heterocycles. The molecule has 0 radical (unpaired) electrons. The van der Waals surface area contributed by atoms with Crippen LogP contribution in [0.2, 0.25) is 0 Å². The number of amides is 1. The van der Waals surface area contributed by atoms with Crippen LogP contribution in [0.3, 0.4) is 0 Å². The molecule has 100 valence electrons. The van der Waals surface area contributed by atoms with Crippen LogP contribution in [0.4, 0.5) is 0 Å². The van der Waals surface area contributed by atoms with Gasteiger partial charge in [-0.3, -0.25) is 4.79 Å². The highest BCUT2D eigenvalue weighted by Gasteiger charge is 2.21. The van der Waals surface area contributed by atoms with Crippen molar-refractivity contribution in [1.82, 2.24) is 14.9 Å². The Morgan fingerprint density at radius 2 is 2.39 bits per heavy atom. The third-order valence-electron chi connectivity index (χ3n) is 3.40. The number of aliphatic hydroxyl groups is 1. The average molecular weight is 269 g/mol. The molecule has 1 aliphatic carbocycles. The van der Waals surface area contributed by atoms with Gasteiger partial charge in [0.2, 0.25) is 0 Å². The minimum Gasteiger partial charge on any atom is -0.393 e. The maximum Gasteiger partial charge on any atom is 0.264 e. The van der Waals surface area contributed by atoms with Crippen LogP contribution < -0.4 is 5.32 Å². The molecule has 18 heavy (non-hydrogen) atoms. The number of hydrogen-bond donors (Lipinski definition) is 2. The van der Waals surface area contributed by atoms with Crippen molar-refractivity contribution in [3.05, 3.63) is 10.6 Å². The lowest BCUT2D eigenvalue weighted by atomic mass is 9.87. The van der Waals surface area contributed by atoms with Gasteiger partial charge in [-0.1, -0.05) is 17.8 Å². The first-order valence-corrected chi connectivity index (χ1v) is 7.25. The molecule has 0 aliphatic heterocycles.